The van der Waals surface area contributed by atoms with Gasteiger partial charge in [-0.3, -0.25) is 4.79 Å². The Hall–Kier alpha value is -2.61. The molecule has 0 saturated heterocycles. The van der Waals surface area contributed by atoms with Crippen molar-refractivity contribution in [2.75, 3.05) is 7.05 Å². The molecule has 0 heterocycles. The van der Waals surface area contributed by atoms with Crippen LogP contribution in [0.1, 0.15) is 6.92 Å². The molecule has 2 nitrogen and oxygen atoms in total. The predicted octanol–water partition coefficient (Wildman–Crippen LogP) is 4.34. The zero-order chi connectivity index (χ0) is 14.8. The van der Waals surface area contributed by atoms with Crippen molar-refractivity contribution < 1.29 is 4.79 Å². The van der Waals surface area contributed by atoms with Gasteiger partial charge in [-0.25, -0.2) is 0 Å². The Morgan fingerprint density at radius 3 is 1.24 bits per heavy atom. The molecule has 2 heteroatoms. The van der Waals surface area contributed by atoms with E-state index in [1.54, 1.807) is 7.05 Å². The average Bonchev–Trinajstić information content (AvgIpc) is 2.53. The molecular weight excluding hydrogens is 258 g/mol. The van der Waals surface area contributed by atoms with E-state index in [-0.39, 0.29) is 5.91 Å². The van der Waals surface area contributed by atoms with Gasteiger partial charge in [0.15, 0.2) is 0 Å². The van der Waals surface area contributed by atoms with Gasteiger partial charge in [-0.1, -0.05) is 60.7 Å². The zero-order valence-electron chi connectivity index (χ0n) is 12.2. The minimum atomic E-state index is 0.00463. The Morgan fingerprint density at radius 1 is 0.714 bits per heavy atom. The summed E-state index contributed by atoms with van der Waals surface area (Å²) in [6, 6.07) is 21.9. The lowest BCUT2D eigenvalue weighted by atomic mass is 9.95. The largest absolute Gasteiger partial charge is 0.359 e. The van der Waals surface area contributed by atoms with Crippen LogP contribution >= 0.6 is 0 Å². The van der Waals surface area contributed by atoms with E-state index < -0.39 is 0 Å². The topological polar surface area (TPSA) is 29.1 Å². The van der Waals surface area contributed by atoms with Crippen LogP contribution in [0.4, 0.5) is 0 Å². The third-order valence-corrected chi connectivity index (χ3v) is 3.74. The van der Waals surface area contributed by atoms with Crippen molar-refractivity contribution in [3.8, 4) is 0 Å². The molecule has 0 aliphatic carbocycles. The fourth-order valence-electron chi connectivity index (χ4n) is 2.67. The molecule has 0 aliphatic rings. The van der Waals surface area contributed by atoms with Crippen molar-refractivity contribution >= 4 is 38.2 Å². The lowest BCUT2D eigenvalue weighted by Gasteiger charge is -2.09. The lowest BCUT2D eigenvalue weighted by Crippen LogP contribution is -2.11. The molecule has 0 radical (unpaired) electrons. The van der Waals surface area contributed by atoms with Gasteiger partial charge in [-0.2, -0.15) is 0 Å². The highest BCUT2D eigenvalue weighted by Gasteiger charge is 2.05. The highest BCUT2D eigenvalue weighted by Crippen LogP contribution is 2.33. The number of hydrogen-bond acceptors (Lipinski definition) is 1. The van der Waals surface area contributed by atoms with Gasteiger partial charge < -0.3 is 5.32 Å². The molecule has 1 amide bonds. The number of carbonyl (C=O) groups excluding carboxylic acids is 1. The number of hydrogen-bond donors (Lipinski definition) is 1. The van der Waals surface area contributed by atoms with Crippen molar-refractivity contribution in [1.82, 2.24) is 5.32 Å². The molecule has 0 bridgehead atoms. The molecule has 4 rings (SSSR count). The average molecular weight is 275 g/mol. The second-order valence-corrected chi connectivity index (χ2v) is 5.10. The monoisotopic (exact) mass is 275 g/mol. The van der Waals surface area contributed by atoms with E-state index in [2.05, 4.69) is 66.0 Å². The van der Waals surface area contributed by atoms with E-state index >= 15 is 0 Å². The maximum Gasteiger partial charge on any atom is 0.216 e. The van der Waals surface area contributed by atoms with Crippen molar-refractivity contribution in [2.45, 2.75) is 6.92 Å². The van der Waals surface area contributed by atoms with E-state index in [1.165, 1.54) is 39.2 Å². The number of rotatable bonds is 0. The van der Waals surface area contributed by atoms with E-state index in [9.17, 15) is 4.79 Å². The summed E-state index contributed by atoms with van der Waals surface area (Å²) in [4.78, 5) is 9.70. The highest BCUT2D eigenvalue weighted by atomic mass is 16.1. The van der Waals surface area contributed by atoms with Gasteiger partial charge in [0.1, 0.15) is 0 Å². The minimum Gasteiger partial charge on any atom is -0.359 e. The van der Waals surface area contributed by atoms with Crippen LogP contribution in [0.15, 0.2) is 60.7 Å². The highest BCUT2D eigenvalue weighted by molar-refractivity contribution is 6.22. The van der Waals surface area contributed by atoms with Crippen LogP contribution in [0.3, 0.4) is 0 Å². The Labute approximate surface area is 123 Å². The summed E-state index contributed by atoms with van der Waals surface area (Å²) in [5.74, 6) is 0.00463. The minimum absolute atomic E-state index is 0.00463. The van der Waals surface area contributed by atoms with Crippen LogP contribution in [-0.2, 0) is 4.79 Å². The van der Waals surface area contributed by atoms with Crippen LogP contribution in [-0.4, -0.2) is 13.0 Å². The molecule has 1 N–H and O–H groups in total. The van der Waals surface area contributed by atoms with Crippen molar-refractivity contribution in [2.24, 2.45) is 0 Å². The molecule has 4 aromatic rings. The third kappa shape index (κ3) is 2.40. The number of benzene rings is 4. The summed E-state index contributed by atoms with van der Waals surface area (Å²) in [6.45, 7) is 1.47. The van der Waals surface area contributed by atoms with Crippen molar-refractivity contribution in [3.63, 3.8) is 0 Å². The summed E-state index contributed by atoms with van der Waals surface area (Å²) < 4.78 is 0. The summed E-state index contributed by atoms with van der Waals surface area (Å²) in [6.07, 6.45) is 0. The van der Waals surface area contributed by atoms with Gasteiger partial charge in [0, 0.05) is 14.0 Å². The quantitative estimate of drug-likeness (QED) is 0.475. The Bertz CT molecular complexity index is 781. The summed E-state index contributed by atoms with van der Waals surface area (Å²) >= 11 is 0. The van der Waals surface area contributed by atoms with E-state index in [0.717, 1.165) is 0 Å². The molecule has 21 heavy (non-hydrogen) atoms. The number of amides is 1. The van der Waals surface area contributed by atoms with Crippen LogP contribution < -0.4 is 5.32 Å². The van der Waals surface area contributed by atoms with E-state index in [4.69, 9.17) is 0 Å². The standard InChI is InChI=1S/C16H10.C3H7NO/c1-3-11-7-9-13-5-2-6-14-10-8-12(4-1)15(11)16(13)14;1-3(5)4-2/h1-10H;1-2H3,(H,4,5). The molecule has 0 atom stereocenters. The van der Waals surface area contributed by atoms with Crippen LogP contribution in [0.2, 0.25) is 0 Å². The van der Waals surface area contributed by atoms with Gasteiger partial charge in [-0.15, -0.1) is 0 Å². The van der Waals surface area contributed by atoms with E-state index in [0.29, 0.717) is 0 Å². The maximum atomic E-state index is 9.70. The van der Waals surface area contributed by atoms with E-state index in [1.807, 2.05) is 0 Å². The van der Waals surface area contributed by atoms with Gasteiger partial charge in [0.2, 0.25) is 5.91 Å². The Morgan fingerprint density at radius 2 is 1.00 bits per heavy atom. The summed E-state index contributed by atoms with van der Waals surface area (Å²) in [7, 11) is 1.60. The SMILES string of the molecule is CNC(C)=O.c1cc2ccc3cccc4ccc(c1)c2c34. The first-order valence-corrected chi connectivity index (χ1v) is 7.01. The normalized spacial score (nSPS) is 10.6. The van der Waals surface area contributed by atoms with Crippen LogP contribution in [0.5, 0.6) is 0 Å². The molecule has 104 valence electrons. The first-order chi connectivity index (χ1) is 10.2. The molecule has 0 unspecified atom stereocenters. The second-order valence-electron chi connectivity index (χ2n) is 5.10. The van der Waals surface area contributed by atoms with Gasteiger partial charge >= 0.3 is 0 Å². The molecule has 4 aromatic carbocycles. The molecule has 0 saturated carbocycles. The molecule has 0 aromatic heterocycles. The van der Waals surface area contributed by atoms with Gasteiger partial charge in [0.05, 0.1) is 0 Å². The Balaban J connectivity index is 0.000000233. The van der Waals surface area contributed by atoms with Crippen LogP contribution in [0.25, 0.3) is 32.3 Å². The smallest absolute Gasteiger partial charge is 0.216 e. The fraction of sp³-hybridized carbons (Fsp3) is 0.105. The molecular formula is C19H17NO. The lowest BCUT2D eigenvalue weighted by molar-refractivity contribution is -0.118. The number of nitrogens with one attached hydrogen (secondary N) is 1. The van der Waals surface area contributed by atoms with Crippen molar-refractivity contribution in [1.29, 1.82) is 0 Å². The first-order valence-electron chi connectivity index (χ1n) is 7.01. The maximum absolute atomic E-state index is 9.70. The summed E-state index contributed by atoms with van der Waals surface area (Å²) in [5.41, 5.74) is 0. The van der Waals surface area contributed by atoms with Gasteiger partial charge in [-0.05, 0) is 32.3 Å². The summed E-state index contributed by atoms with van der Waals surface area (Å²) in [5, 5.41) is 10.5. The Kier molecular flexibility index (Phi) is 3.44. The molecule has 0 aliphatic heterocycles. The number of carbonyl (C=O) groups is 1. The molecule has 0 spiro atoms. The zero-order valence-corrected chi connectivity index (χ0v) is 12.2. The third-order valence-electron chi connectivity index (χ3n) is 3.74. The second kappa shape index (κ2) is 5.41. The fourth-order valence-corrected chi connectivity index (χ4v) is 2.67. The predicted molar refractivity (Wildman–Crippen MR) is 89.9 cm³/mol. The van der Waals surface area contributed by atoms with Crippen molar-refractivity contribution in [3.05, 3.63) is 60.7 Å². The van der Waals surface area contributed by atoms with Gasteiger partial charge in [0.25, 0.3) is 0 Å². The molecule has 0 fully saturated rings. The van der Waals surface area contributed by atoms with Crippen LogP contribution in [0, 0.1) is 0 Å². The first kappa shape index (κ1) is 13.4.